The Morgan fingerprint density at radius 1 is 1.08 bits per heavy atom. The lowest BCUT2D eigenvalue weighted by molar-refractivity contribution is -0.136. The van der Waals surface area contributed by atoms with E-state index in [0.29, 0.717) is 11.8 Å². The minimum atomic E-state index is -4.63. The van der Waals surface area contributed by atoms with Gasteiger partial charge in [-0.2, -0.15) is 13.2 Å². The first-order valence-electron chi connectivity index (χ1n) is 7.17. The van der Waals surface area contributed by atoms with Crippen LogP contribution in [0.1, 0.15) is 16.7 Å². The van der Waals surface area contributed by atoms with Gasteiger partial charge in [0.2, 0.25) is 0 Å². The van der Waals surface area contributed by atoms with Crippen molar-refractivity contribution in [3.8, 4) is 5.75 Å². The van der Waals surface area contributed by atoms with E-state index in [2.05, 4.69) is 0 Å². The summed E-state index contributed by atoms with van der Waals surface area (Å²) in [6, 6.07) is 12.0. The fourth-order valence-electron chi connectivity index (χ4n) is 2.40. The average Bonchev–Trinajstić information content (AvgIpc) is 2.52. The van der Waals surface area contributed by atoms with Crippen LogP contribution in [0.5, 0.6) is 5.75 Å². The van der Waals surface area contributed by atoms with Crippen LogP contribution in [-0.4, -0.2) is 0 Å². The summed E-state index contributed by atoms with van der Waals surface area (Å²) < 4.78 is 49.5. The first-order chi connectivity index (χ1) is 11.3. The molecule has 0 bridgehead atoms. The van der Waals surface area contributed by atoms with Crippen LogP contribution in [0.2, 0.25) is 0 Å². The summed E-state index contributed by atoms with van der Waals surface area (Å²) in [4.78, 5) is 11.4. The molecule has 1 heterocycles. The fraction of sp³-hybridized carbons (Fsp3) is 0.167. The molecule has 0 spiro atoms. The zero-order valence-electron chi connectivity index (χ0n) is 12.7. The predicted molar refractivity (Wildman–Crippen MR) is 83.0 cm³/mol. The summed E-state index contributed by atoms with van der Waals surface area (Å²) in [7, 11) is 0. The molecule has 0 aliphatic carbocycles. The summed E-state index contributed by atoms with van der Waals surface area (Å²) in [6.45, 7) is 2.20. The van der Waals surface area contributed by atoms with Crippen LogP contribution in [0.3, 0.4) is 0 Å². The van der Waals surface area contributed by atoms with Crippen LogP contribution in [0, 0.1) is 6.92 Å². The number of hydrogen-bond acceptors (Lipinski definition) is 3. The molecule has 0 aliphatic rings. The lowest BCUT2D eigenvalue weighted by Gasteiger charge is -2.11. The van der Waals surface area contributed by atoms with Crippen LogP contribution in [-0.2, 0) is 12.8 Å². The first kappa shape index (κ1) is 16.1. The van der Waals surface area contributed by atoms with Gasteiger partial charge >= 0.3 is 11.8 Å². The van der Waals surface area contributed by atoms with Crippen molar-refractivity contribution in [2.24, 2.45) is 0 Å². The van der Waals surface area contributed by atoms with Crippen molar-refractivity contribution in [3.63, 3.8) is 0 Å². The Bertz CT molecular complexity index is 942. The van der Waals surface area contributed by atoms with Crippen molar-refractivity contribution < 1.29 is 22.3 Å². The molecule has 24 heavy (non-hydrogen) atoms. The second-order valence-corrected chi connectivity index (χ2v) is 5.35. The molecular weight excluding hydrogens is 321 g/mol. The summed E-state index contributed by atoms with van der Waals surface area (Å²) in [6.07, 6.45) is -4.63. The second kappa shape index (κ2) is 6.03. The Hall–Kier alpha value is -2.76. The molecule has 0 atom stereocenters. The van der Waals surface area contributed by atoms with Gasteiger partial charge in [0.15, 0.2) is 0 Å². The molecular formula is C18H13F3O3. The van der Waals surface area contributed by atoms with Gasteiger partial charge in [0.1, 0.15) is 17.9 Å². The first-order valence-corrected chi connectivity index (χ1v) is 7.17. The molecule has 3 nitrogen and oxygen atoms in total. The molecule has 3 aromatic rings. The van der Waals surface area contributed by atoms with Crippen LogP contribution < -0.4 is 10.4 Å². The second-order valence-electron chi connectivity index (χ2n) is 5.35. The number of halogens is 3. The van der Waals surface area contributed by atoms with Gasteiger partial charge in [0.05, 0.1) is 5.56 Å². The van der Waals surface area contributed by atoms with Gasteiger partial charge in [-0.05, 0) is 30.2 Å². The molecule has 3 rings (SSSR count). The number of benzene rings is 2. The van der Waals surface area contributed by atoms with E-state index < -0.39 is 17.4 Å². The Morgan fingerprint density at radius 3 is 2.54 bits per heavy atom. The molecule has 124 valence electrons. The van der Waals surface area contributed by atoms with E-state index in [-0.39, 0.29) is 17.6 Å². The topological polar surface area (TPSA) is 39.4 Å². The third kappa shape index (κ3) is 3.27. The van der Waals surface area contributed by atoms with Gasteiger partial charge in [-0.3, -0.25) is 0 Å². The molecule has 0 radical (unpaired) electrons. The van der Waals surface area contributed by atoms with Crippen molar-refractivity contribution in [1.29, 1.82) is 0 Å². The van der Waals surface area contributed by atoms with Gasteiger partial charge < -0.3 is 9.15 Å². The average molecular weight is 334 g/mol. The highest BCUT2D eigenvalue weighted by molar-refractivity contribution is 5.82. The summed E-state index contributed by atoms with van der Waals surface area (Å²) in [5, 5.41) is -0.176. The minimum Gasteiger partial charge on any atom is -0.489 e. The molecule has 0 saturated heterocycles. The molecule has 0 N–H and O–H groups in total. The quantitative estimate of drug-likeness (QED) is 0.652. The normalized spacial score (nSPS) is 11.7. The summed E-state index contributed by atoms with van der Waals surface area (Å²) in [5.74, 6) is 0.327. The van der Waals surface area contributed by atoms with E-state index in [9.17, 15) is 18.0 Å². The highest BCUT2D eigenvalue weighted by atomic mass is 19.4. The number of alkyl halides is 3. The smallest absolute Gasteiger partial charge is 0.417 e. The standard InChI is InChI=1S/C18H13F3O3/c1-11-4-2-3-5-12(11)10-23-13-6-7-14-15(18(19,20)21)9-17(22)24-16(14)8-13/h2-9H,10H2,1H3. The van der Waals surface area contributed by atoms with Gasteiger partial charge in [-0.15, -0.1) is 0 Å². The zero-order valence-corrected chi connectivity index (χ0v) is 12.7. The maximum Gasteiger partial charge on any atom is 0.417 e. The van der Waals surface area contributed by atoms with Crippen LogP contribution in [0.15, 0.2) is 57.7 Å². The Balaban J connectivity index is 1.95. The molecule has 1 aromatic heterocycles. The van der Waals surface area contributed by atoms with Gasteiger partial charge in [-0.25, -0.2) is 4.79 Å². The highest BCUT2D eigenvalue weighted by Crippen LogP contribution is 2.34. The maximum absolute atomic E-state index is 13.0. The van der Waals surface area contributed by atoms with Crippen LogP contribution in [0.25, 0.3) is 11.0 Å². The summed E-state index contributed by atoms with van der Waals surface area (Å²) >= 11 is 0. The van der Waals surface area contributed by atoms with Gasteiger partial charge in [0, 0.05) is 17.5 Å². The number of hydrogen-bond donors (Lipinski definition) is 0. The number of fused-ring (bicyclic) bond motifs is 1. The molecule has 0 amide bonds. The minimum absolute atomic E-state index is 0.155. The van der Waals surface area contributed by atoms with Crippen molar-refractivity contribution in [3.05, 3.63) is 75.6 Å². The molecule has 6 heteroatoms. The number of rotatable bonds is 3. The van der Waals surface area contributed by atoms with Crippen molar-refractivity contribution >= 4 is 11.0 Å². The SMILES string of the molecule is Cc1ccccc1COc1ccc2c(C(F)(F)F)cc(=O)oc2c1. The number of ether oxygens (including phenoxy) is 1. The number of aryl methyl sites for hydroxylation is 1. The largest absolute Gasteiger partial charge is 0.489 e. The monoisotopic (exact) mass is 334 g/mol. The van der Waals surface area contributed by atoms with Gasteiger partial charge in [-0.1, -0.05) is 24.3 Å². The Labute approximate surface area is 135 Å². The van der Waals surface area contributed by atoms with Crippen LogP contribution in [0.4, 0.5) is 13.2 Å². The summed E-state index contributed by atoms with van der Waals surface area (Å²) in [5.41, 5.74) is -0.213. The fourth-order valence-corrected chi connectivity index (χ4v) is 2.40. The van der Waals surface area contributed by atoms with E-state index in [0.717, 1.165) is 11.1 Å². The predicted octanol–water partition coefficient (Wildman–Crippen LogP) is 4.70. The molecule has 0 unspecified atom stereocenters. The van der Waals surface area contributed by atoms with E-state index in [1.54, 1.807) is 0 Å². The van der Waals surface area contributed by atoms with Crippen molar-refractivity contribution in [2.75, 3.05) is 0 Å². The van der Waals surface area contributed by atoms with Crippen molar-refractivity contribution in [1.82, 2.24) is 0 Å². The zero-order chi connectivity index (χ0) is 17.3. The third-order valence-electron chi connectivity index (χ3n) is 3.68. The lowest BCUT2D eigenvalue weighted by Crippen LogP contribution is -2.11. The van der Waals surface area contributed by atoms with E-state index in [1.165, 1.54) is 18.2 Å². The van der Waals surface area contributed by atoms with E-state index in [4.69, 9.17) is 9.15 Å². The molecule has 0 fully saturated rings. The van der Waals surface area contributed by atoms with E-state index >= 15 is 0 Å². The molecule has 0 saturated carbocycles. The third-order valence-corrected chi connectivity index (χ3v) is 3.68. The molecule has 2 aromatic carbocycles. The van der Waals surface area contributed by atoms with E-state index in [1.807, 2.05) is 31.2 Å². The van der Waals surface area contributed by atoms with Crippen LogP contribution >= 0.6 is 0 Å². The Kier molecular flexibility index (Phi) is 4.05. The maximum atomic E-state index is 13.0. The lowest BCUT2D eigenvalue weighted by atomic mass is 10.1. The van der Waals surface area contributed by atoms with Crippen molar-refractivity contribution in [2.45, 2.75) is 19.7 Å². The highest BCUT2D eigenvalue weighted by Gasteiger charge is 2.33. The molecule has 0 aliphatic heterocycles. The van der Waals surface area contributed by atoms with Gasteiger partial charge in [0.25, 0.3) is 0 Å². The Morgan fingerprint density at radius 2 is 1.83 bits per heavy atom.